The molecule has 1 aliphatic rings. The minimum atomic E-state index is -0.447. The Morgan fingerprint density at radius 2 is 2.17 bits per heavy atom. The molecule has 1 heterocycles. The first-order valence-electron chi connectivity index (χ1n) is 6.08. The lowest BCUT2D eigenvalue weighted by atomic mass is 9.98. The fourth-order valence-electron chi connectivity index (χ4n) is 2.05. The van der Waals surface area contributed by atoms with E-state index in [0.717, 1.165) is 24.3 Å². The minimum absolute atomic E-state index is 0.128. The van der Waals surface area contributed by atoms with E-state index in [0.29, 0.717) is 18.0 Å². The third-order valence-corrected chi connectivity index (χ3v) is 4.13. The van der Waals surface area contributed by atoms with Crippen LogP contribution in [0.4, 0.5) is 15.8 Å². The van der Waals surface area contributed by atoms with E-state index in [4.69, 9.17) is 5.73 Å². The summed E-state index contributed by atoms with van der Waals surface area (Å²) >= 11 is 1.93. The van der Waals surface area contributed by atoms with Gasteiger partial charge < -0.3 is 11.1 Å². The summed E-state index contributed by atoms with van der Waals surface area (Å²) in [5, 5.41) is 2.60. The van der Waals surface area contributed by atoms with Gasteiger partial charge in [-0.3, -0.25) is 4.79 Å². The molecule has 98 valence electrons. The third-order valence-electron chi connectivity index (χ3n) is 3.08. The summed E-state index contributed by atoms with van der Waals surface area (Å²) < 4.78 is 13.4. The summed E-state index contributed by atoms with van der Waals surface area (Å²) in [4.78, 5) is 11.8. The minimum Gasteiger partial charge on any atom is -0.399 e. The third kappa shape index (κ3) is 3.63. The molecule has 0 aliphatic carbocycles. The molecule has 18 heavy (non-hydrogen) atoms. The van der Waals surface area contributed by atoms with Gasteiger partial charge in [-0.25, -0.2) is 4.39 Å². The Labute approximate surface area is 110 Å². The molecule has 3 N–H and O–H groups in total. The molecule has 1 amide bonds. The summed E-state index contributed by atoms with van der Waals surface area (Å²) in [6.45, 7) is 0. The molecule has 3 nitrogen and oxygen atoms in total. The van der Waals surface area contributed by atoms with Crippen molar-refractivity contribution in [2.75, 3.05) is 22.6 Å². The van der Waals surface area contributed by atoms with Crippen molar-refractivity contribution in [3.63, 3.8) is 0 Å². The molecule has 0 saturated carbocycles. The van der Waals surface area contributed by atoms with Gasteiger partial charge in [0.15, 0.2) is 0 Å². The molecule has 0 atom stereocenters. The average Bonchev–Trinajstić information content (AvgIpc) is 2.35. The summed E-state index contributed by atoms with van der Waals surface area (Å²) in [5.41, 5.74) is 6.18. The quantitative estimate of drug-likeness (QED) is 0.829. The SMILES string of the molecule is Nc1ccc(F)c(NC(=O)CC2CCSCC2)c1. The second-order valence-electron chi connectivity index (χ2n) is 4.55. The fraction of sp³-hybridized carbons (Fsp3) is 0.462. The molecule has 0 aromatic heterocycles. The van der Waals surface area contributed by atoms with Crippen LogP contribution in [0.2, 0.25) is 0 Å². The number of carbonyl (C=O) groups excluding carboxylic acids is 1. The van der Waals surface area contributed by atoms with Gasteiger partial charge in [0, 0.05) is 12.1 Å². The number of nitrogens with one attached hydrogen (secondary N) is 1. The van der Waals surface area contributed by atoms with E-state index in [1.165, 1.54) is 18.2 Å². The van der Waals surface area contributed by atoms with Crippen LogP contribution < -0.4 is 11.1 Å². The van der Waals surface area contributed by atoms with Crippen molar-refractivity contribution in [3.05, 3.63) is 24.0 Å². The van der Waals surface area contributed by atoms with Crippen molar-refractivity contribution in [3.8, 4) is 0 Å². The summed E-state index contributed by atoms with van der Waals surface area (Å²) in [6, 6.07) is 4.19. The monoisotopic (exact) mass is 268 g/mol. The van der Waals surface area contributed by atoms with Crippen LogP contribution >= 0.6 is 11.8 Å². The van der Waals surface area contributed by atoms with E-state index in [1.807, 2.05) is 11.8 Å². The van der Waals surface area contributed by atoms with Gasteiger partial charge in [-0.2, -0.15) is 11.8 Å². The molecule has 1 fully saturated rings. The van der Waals surface area contributed by atoms with Crippen molar-refractivity contribution >= 4 is 29.0 Å². The Morgan fingerprint density at radius 3 is 2.89 bits per heavy atom. The molecular weight excluding hydrogens is 251 g/mol. The van der Waals surface area contributed by atoms with E-state index in [1.54, 1.807) is 0 Å². The zero-order valence-electron chi connectivity index (χ0n) is 10.1. The van der Waals surface area contributed by atoms with Crippen molar-refractivity contribution in [1.29, 1.82) is 0 Å². The van der Waals surface area contributed by atoms with E-state index < -0.39 is 5.82 Å². The first kappa shape index (κ1) is 13.2. The van der Waals surface area contributed by atoms with Crippen LogP contribution in [0.25, 0.3) is 0 Å². The predicted molar refractivity (Wildman–Crippen MR) is 74.1 cm³/mol. The highest BCUT2D eigenvalue weighted by molar-refractivity contribution is 7.99. The Kier molecular flexibility index (Phi) is 4.47. The molecule has 0 unspecified atom stereocenters. The van der Waals surface area contributed by atoms with Crippen LogP contribution in [0.15, 0.2) is 18.2 Å². The lowest BCUT2D eigenvalue weighted by molar-refractivity contribution is -0.117. The van der Waals surface area contributed by atoms with Crippen LogP contribution in [0.1, 0.15) is 19.3 Å². The number of hydrogen-bond acceptors (Lipinski definition) is 3. The van der Waals surface area contributed by atoms with E-state index in [2.05, 4.69) is 5.32 Å². The molecular formula is C13H17FN2OS. The Morgan fingerprint density at radius 1 is 1.44 bits per heavy atom. The summed E-state index contributed by atoms with van der Waals surface area (Å²) in [5.74, 6) is 2.08. The van der Waals surface area contributed by atoms with Gasteiger partial charge in [0.05, 0.1) is 5.69 Å². The largest absolute Gasteiger partial charge is 0.399 e. The first-order chi connectivity index (χ1) is 8.65. The number of benzene rings is 1. The van der Waals surface area contributed by atoms with Crippen LogP contribution in [0.5, 0.6) is 0 Å². The molecule has 0 bridgehead atoms. The predicted octanol–water partition coefficient (Wildman–Crippen LogP) is 2.88. The number of hydrogen-bond donors (Lipinski definition) is 2. The van der Waals surface area contributed by atoms with Crippen molar-refractivity contribution < 1.29 is 9.18 Å². The lowest BCUT2D eigenvalue weighted by Gasteiger charge is -2.20. The second kappa shape index (κ2) is 6.09. The average molecular weight is 268 g/mol. The van der Waals surface area contributed by atoms with Gasteiger partial charge >= 0.3 is 0 Å². The van der Waals surface area contributed by atoms with Gasteiger partial charge in [-0.05, 0) is 48.5 Å². The highest BCUT2D eigenvalue weighted by atomic mass is 32.2. The van der Waals surface area contributed by atoms with Crippen LogP contribution in [0, 0.1) is 11.7 Å². The van der Waals surface area contributed by atoms with E-state index in [9.17, 15) is 9.18 Å². The van der Waals surface area contributed by atoms with Gasteiger partial charge in [0.1, 0.15) is 5.82 Å². The number of nitrogens with two attached hydrogens (primary N) is 1. The second-order valence-corrected chi connectivity index (χ2v) is 5.77. The summed E-state index contributed by atoms with van der Waals surface area (Å²) in [7, 11) is 0. The number of rotatable bonds is 3. The standard InChI is InChI=1S/C13H17FN2OS/c14-11-2-1-10(15)8-12(11)16-13(17)7-9-3-5-18-6-4-9/h1-2,8-9H,3-7,15H2,(H,16,17). The highest BCUT2D eigenvalue weighted by Gasteiger charge is 2.18. The van der Waals surface area contributed by atoms with Gasteiger partial charge in [0.2, 0.25) is 5.91 Å². The number of nitrogen functional groups attached to an aromatic ring is 1. The molecule has 1 aromatic rings. The van der Waals surface area contributed by atoms with Crippen molar-refractivity contribution in [2.24, 2.45) is 5.92 Å². The maximum atomic E-state index is 13.4. The number of carbonyl (C=O) groups is 1. The lowest BCUT2D eigenvalue weighted by Crippen LogP contribution is -2.20. The van der Waals surface area contributed by atoms with Gasteiger partial charge in [0.25, 0.3) is 0 Å². The molecule has 1 aliphatic heterocycles. The first-order valence-corrected chi connectivity index (χ1v) is 7.23. The van der Waals surface area contributed by atoms with Crippen molar-refractivity contribution in [1.82, 2.24) is 0 Å². The molecule has 1 aromatic carbocycles. The van der Waals surface area contributed by atoms with Crippen molar-refractivity contribution in [2.45, 2.75) is 19.3 Å². The zero-order chi connectivity index (χ0) is 13.0. The Balaban J connectivity index is 1.92. The van der Waals surface area contributed by atoms with Crippen LogP contribution in [0.3, 0.4) is 0 Å². The van der Waals surface area contributed by atoms with Crippen LogP contribution in [-0.2, 0) is 4.79 Å². The topological polar surface area (TPSA) is 55.1 Å². The fourth-order valence-corrected chi connectivity index (χ4v) is 3.26. The highest BCUT2D eigenvalue weighted by Crippen LogP contribution is 2.26. The molecule has 5 heteroatoms. The molecule has 0 spiro atoms. The summed E-state index contributed by atoms with van der Waals surface area (Å²) in [6.07, 6.45) is 2.60. The van der Waals surface area contributed by atoms with Crippen LogP contribution in [-0.4, -0.2) is 17.4 Å². The molecule has 1 saturated heterocycles. The van der Waals surface area contributed by atoms with Gasteiger partial charge in [-0.15, -0.1) is 0 Å². The maximum absolute atomic E-state index is 13.4. The Bertz CT molecular complexity index is 433. The van der Waals surface area contributed by atoms with E-state index in [-0.39, 0.29) is 11.6 Å². The molecule has 2 rings (SSSR count). The smallest absolute Gasteiger partial charge is 0.224 e. The Hall–Kier alpha value is -1.23. The molecule has 0 radical (unpaired) electrons. The maximum Gasteiger partial charge on any atom is 0.224 e. The normalized spacial score (nSPS) is 16.5. The number of amides is 1. The number of thioether (sulfide) groups is 1. The number of anilines is 2. The number of halogens is 1. The van der Waals surface area contributed by atoms with E-state index >= 15 is 0 Å². The zero-order valence-corrected chi connectivity index (χ0v) is 10.9. The van der Waals surface area contributed by atoms with Gasteiger partial charge in [-0.1, -0.05) is 0 Å².